The molecule has 0 unspecified atom stereocenters. The highest BCUT2D eigenvalue weighted by Gasteiger charge is 2.32. The molecular weight excluding hydrogens is 250 g/mol. The van der Waals surface area contributed by atoms with Gasteiger partial charge in [-0.1, -0.05) is 12.8 Å². The standard InChI is InChI=1S/C12H17N3O2S/c1-18-12(5-2-3-6-12)8-14-11-13-7-4-9(15-11)10(16)17/h4,7H,2-3,5-6,8H2,1H3,(H,16,17)(H,13,14,15). The Morgan fingerprint density at radius 2 is 2.28 bits per heavy atom. The van der Waals surface area contributed by atoms with E-state index in [4.69, 9.17) is 5.11 Å². The first-order valence-electron chi connectivity index (χ1n) is 6.01. The third-order valence-electron chi connectivity index (χ3n) is 3.39. The van der Waals surface area contributed by atoms with Crippen molar-refractivity contribution in [1.82, 2.24) is 9.97 Å². The minimum absolute atomic E-state index is 0.0251. The molecule has 0 saturated heterocycles. The second-order valence-electron chi connectivity index (χ2n) is 4.52. The van der Waals surface area contributed by atoms with Gasteiger partial charge in [-0.05, 0) is 25.2 Å². The number of carboxylic acid groups (broad SMARTS) is 1. The summed E-state index contributed by atoms with van der Waals surface area (Å²) in [6.07, 6.45) is 8.51. The van der Waals surface area contributed by atoms with Crippen molar-refractivity contribution in [2.75, 3.05) is 18.1 Å². The van der Waals surface area contributed by atoms with Gasteiger partial charge in [-0.3, -0.25) is 0 Å². The van der Waals surface area contributed by atoms with Crippen LogP contribution in [-0.4, -0.2) is 38.6 Å². The maximum absolute atomic E-state index is 10.8. The topological polar surface area (TPSA) is 75.1 Å². The van der Waals surface area contributed by atoms with Gasteiger partial charge in [0, 0.05) is 17.5 Å². The highest BCUT2D eigenvalue weighted by atomic mass is 32.2. The molecule has 98 valence electrons. The van der Waals surface area contributed by atoms with Gasteiger partial charge < -0.3 is 10.4 Å². The van der Waals surface area contributed by atoms with Crippen molar-refractivity contribution >= 4 is 23.7 Å². The predicted molar refractivity (Wildman–Crippen MR) is 72.2 cm³/mol. The SMILES string of the molecule is CSC1(CNc2nccc(C(=O)O)n2)CCCC1. The Balaban J connectivity index is 2.01. The van der Waals surface area contributed by atoms with Crippen LogP contribution in [0.5, 0.6) is 0 Å². The lowest BCUT2D eigenvalue weighted by Gasteiger charge is -2.26. The molecule has 2 rings (SSSR count). The van der Waals surface area contributed by atoms with Crippen LogP contribution in [0.4, 0.5) is 5.95 Å². The molecule has 6 heteroatoms. The maximum atomic E-state index is 10.8. The molecule has 1 fully saturated rings. The molecular formula is C12H17N3O2S. The average Bonchev–Trinajstić information content (AvgIpc) is 2.86. The number of nitrogens with one attached hydrogen (secondary N) is 1. The van der Waals surface area contributed by atoms with Crippen molar-refractivity contribution in [2.24, 2.45) is 0 Å². The quantitative estimate of drug-likeness (QED) is 0.852. The molecule has 1 heterocycles. The largest absolute Gasteiger partial charge is 0.477 e. The lowest BCUT2D eigenvalue weighted by atomic mass is 10.1. The highest BCUT2D eigenvalue weighted by Crippen LogP contribution is 2.40. The molecule has 0 aliphatic heterocycles. The van der Waals surface area contributed by atoms with Gasteiger partial charge in [0.25, 0.3) is 0 Å². The van der Waals surface area contributed by atoms with Crippen molar-refractivity contribution in [3.63, 3.8) is 0 Å². The second-order valence-corrected chi connectivity index (χ2v) is 5.79. The number of aromatic carboxylic acids is 1. The fourth-order valence-electron chi connectivity index (χ4n) is 2.28. The Morgan fingerprint density at radius 1 is 1.56 bits per heavy atom. The number of hydrogen-bond donors (Lipinski definition) is 2. The minimum Gasteiger partial charge on any atom is -0.477 e. The zero-order valence-corrected chi connectivity index (χ0v) is 11.2. The van der Waals surface area contributed by atoms with Gasteiger partial charge in [0.1, 0.15) is 0 Å². The third-order valence-corrected chi connectivity index (χ3v) is 4.81. The van der Waals surface area contributed by atoms with Crippen LogP contribution < -0.4 is 5.32 Å². The molecule has 18 heavy (non-hydrogen) atoms. The van der Waals surface area contributed by atoms with E-state index in [1.807, 2.05) is 11.8 Å². The first-order chi connectivity index (χ1) is 8.65. The Bertz CT molecular complexity index is 433. The Kier molecular flexibility index (Phi) is 4.06. The third kappa shape index (κ3) is 2.93. The highest BCUT2D eigenvalue weighted by molar-refractivity contribution is 8.00. The number of aromatic nitrogens is 2. The van der Waals surface area contributed by atoms with E-state index in [0.717, 1.165) is 6.54 Å². The van der Waals surface area contributed by atoms with E-state index in [9.17, 15) is 4.79 Å². The minimum atomic E-state index is -1.03. The van der Waals surface area contributed by atoms with Crippen LogP contribution in [0.3, 0.4) is 0 Å². The lowest BCUT2D eigenvalue weighted by molar-refractivity contribution is 0.0690. The van der Waals surface area contributed by atoms with Gasteiger partial charge in [0.15, 0.2) is 5.69 Å². The molecule has 1 aliphatic rings. The Morgan fingerprint density at radius 3 is 2.89 bits per heavy atom. The first-order valence-corrected chi connectivity index (χ1v) is 7.23. The Hall–Kier alpha value is -1.30. The van der Waals surface area contributed by atoms with Crippen LogP contribution >= 0.6 is 11.8 Å². The molecule has 1 saturated carbocycles. The zero-order chi connectivity index (χ0) is 13.0. The van der Waals surface area contributed by atoms with Gasteiger partial charge in [-0.2, -0.15) is 11.8 Å². The summed E-state index contributed by atoms with van der Waals surface area (Å²) >= 11 is 1.88. The number of hydrogen-bond acceptors (Lipinski definition) is 5. The van der Waals surface area contributed by atoms with E-state index in [1.54, 1.807) is 0 Å². The van der Waals surface area contributed by atoms with Crippen molar-refractivity contribution in [1.29, 1.82) is 0 Å². The van der Waals surface area contributed by atoms with Gasteiger partial charge in [0.05, 0.1) is 0 Å². The number of nitrogens with zero attached hydrogens (tertiary/aromatic N) is 2. The summed E-state index contributed by atoms with van der Waals surface area (Å²) in [7, 11) is 0. The zero-order valence-electron chi connectivity index (χ0n) is 10.3. The molecule has 0 aromatic carbocycles. The predicted octanol–water partition coefficient (Wildman–Crippen LogP) is 2.26. The maximum Gasteiger partial charge on any atom is 0.354 e. The molecule has 1 aliphatic carbocycles. The average molecular weight is 267 g/mol. The molecule has 2 N–H and O–H groups in total. The molecule has 1 aromatic rings. The normalized spacial score (nSPS) is 17.6. The summed E-state index contributed by atoms with van der Waals surface area (Å²) < 4.78 is 0.253. The smallest absolute Gasteiger partial charge is 0.354 e. The van der Waals surface area contributed by atoms with Crippen molar-refractivity contribution in [2.45, 2.75) is 30.4 Å². The molecule has 0 atom stereocenters. The van der Waals surface area contributed by atoms with Crippen LogP contribution in [0.15, 0.2) is 12.3 Å². The van der Waals surface area contributed by atoms with Crippen LogP contribution in [0, 0.1) is 0 Å². The number of anilines is 1. The Labute approximate surface area is 110 Å². The summed E-state index contributed by atoms with van der Waals surface area (Å²) in [5.41, 5.74) is 0.0251. The van der Waals surface area contributed by atoms with Crippen LogP contribution in [0.1, 0.15) is 36.2 Å². The molecule has 0 radical (unpaired) electrons. The van der Waals surface area contributed by atoms with Crippen LogP contribution in [0.25, 0.3) is 0 Å². The monoisotopic (exact) mass is 267 g/mol. The summed E-state index contributed by atoms with van der Waals surface area (Å²) in [6.45, 7) is 0.789. The number of thioether (sulfide) groups is 1. The number of carboxylic acids is 1. The van der Waals surface area contributed by atoms with Crippen LogP contribution in [-0.2, 0) is 0 Å². The molecule has 0 bridgehead atoms. The van der Waals surface area contributed by atoms with Gasteiger partial charge in [0.2, 0.25) is 5.95 Å². The van der Waals surface area contributed by atoms with Gasteiger partial charge >= 0.3 is 5.97 Å². The summed E-state index contributed by atoms with van der Waals surface area (Å²) in [4.78, 5) is 18.8. The van der Waals surface area contributed by atoms with Crippen LogP contribution in [0.2, 0.25) is 0 Å². The van der Waals surface area contributed by atoms with E-state index in [2.05, 4.69) is 21.5 Å². The summed E-state index contributed by atoms with van der Waals surface area (Å²) in [5.74, 6) is -0.629. The van der Waals surface area contributed by atoms with E-state index in [-0.39, 0.29) is 10.4 Å². The summed E-state index contributed by atoms with van der Waals surface area (Å²) in [6, 6.07) is 1.40. The van der Waals surface area contributed by atoms with Gasteiger partial charge in [-0.25, -0.2) is 14.8 Å². The van der Waals surface area contributed by atoms with Gasteiger partial charge in [-0.15, -0.1) is 0 Å². The molecule has 5 nitrogen and oxygen atoms in total. The molecule has 0 amide bonds. The number of carbonyl (C=O) groups is 1. The van der Waals surface area contributed by atoms with E-state index >= 15 is 0 Å². The van der Waals surface area contributed by atoms with Crippen molar-refractivity contribution in [3.8, 4) is 0 Å². The van der Waals surface area contributed by atoms with E-state index < -0.39 is 5.97 Å². The molecule has 1 aromatic heterocycles. The van der Waals surface area contributed by atoms with E-state index in [1.165, 1.54) is 37.9 Å². The van der Waals surface area contributed by atoms with Crippen molar-refractivity contribution < 1.29 is 9.90 Å². The number of rotatable bonds is 5. The van der Waals surface area contributed by atoms with E-state index in [0.29, 0.717) is 5.95 Å². The lowest BCUT2D eigenvalue weighted by Crippen LogP contribution is -2.30. The van der Waals surface area contributed by atoms with Crippen molar-refractivity contribution in [3.05, 3.63) is 18.0 Å². The fraction of sp³-hybridized carbons (Fsp3) is 0.583. The fourth-order valence-corrected chi connectivity index (χ4v) is 3.19. The summed E-state index contributed by atoms with van der Waals surface area (Å²) in [5, 5.41) is 12.0. The first kappa shape index (κ1) is 13.1. The second kappa shape index (κ2) is 5.56. The molecule has 0 spiro atoms.